The number of benzene rings is 3. The van der Waals surface area contributed by atoms with Gasteiger partial charge in [-0.25, -0.2) is 0 Å². The Morgan fingerprint density at radius 3 is 2.54 bits per heavy atom. The SMILES string of the molecule is O=S(=O)(O)c1ccc(NCc2ccc(OCc3cn(CCNc4ccnc5cc(Cl)ccc45)nn3)cc2)cc1. The zero-order chi connectivity index (χ0) is 27.2. The highest BCUT2D eigenvalue weighted by atomic mass is 35.5. The molecule has 0 spiro atoms. The minimum absolute atomic E-state index is 0.143. The maximum atomic E-state index is 11.1. The second kappa shape index (κ2) is 11.7. The molecule has 3 aromatic carbocycles. The molecule has 0 atom stereocenters. The number of hydrogen-bond acceptors (Lipinski definition) is 8. The van der Waals surface area contributed by atoms with E-state index in [-0.39, 0.29) is 4.90 Å². The first-order valence-electron chi connectivity index (χ1n) is 12.0. The molecule has 0 bridgehead atoms. The number of fused-ring (bicyclic) bond motifs is 1. The first kappa shape index (κ1) is 26.4. The van der Waals surface area contributed by atoms with E-state index in [0.29, 0.717) is 37.0 Å². The highest BCUT2D eigenvalue weighted by Crippen LogP contribution is 2.24. The zero-order valence-electron chi connectivity index (χ0n) is 20.7. The molecule has 10 nitrogen and oxygen atoms in total. The molecule has 0 saturated carbocycles. The predicted octanol–water partition coefficient (Wildman–Crippen LogP) is 5.03. The molecule has 3 N–H and O–H groups in total. The number of rotatable bonds is 11. The summed E-state index contributed by atoms with van der Waals surface area (Å²) in [6.45, 7) is 2.12. The molecule has 0 aliphatic carbocycles. The topological polar surface area (TPSA) is 131 Å². The quantitative estimate of drug-likeness (QED) is 0.189. The third kappa shape index (κ3) is 7.02. The molecule has 5 aromatic rings. The molecule has 0 aliphatic rings. The van der Waals surface area contributed by atoms with Gasteiger partial charge >= 0.3 is 0 Å². The van der Waals surface area contributed by atoms with E-state index in [0.717, 1.165) is 33.5 Å². The van der Waals surface area contributed by atoms with Crippen LogP contribution in [0.25, 0.3) is 10.9 Å². The fourth-order valence-corrected chi connectivity index (χ4v) is 4.55. The van der Waals surface area contributed by atoms with E-state index in [9.17, 15) is 8.42 Å². The highest BCUT2D eigenvalue weighted by molar-refractivity contribution is 7.85. The Kier molecular flexibility index (Phi) is 7.92. The number of nitrogens with zero attached hydrogens (tertiary/aromatic N) is 4. The standard InChI is InChI=1S/C27H25ClN6O4S/c28-20-3-10-25-26(11-12-29-27(25)15-20)30-13-14-34-17-22(32-33-34)18-38-23-6-1-19(2-7-23)16-31-21-4-8-24(9-5-21)39(35,36)37/h1-12,15,17,31H,13-14,16,18H2,(H,29,30)(H,35,36,37). The number of ether oxygens (including phenoxy) is 1. The van der Waals surface area contributed by atoms with E-state index in [1.165, 1.54) is 12.1 Å². The molecule has 12 heteroatoms. The fourth-order valence-electron chi connectivity index (χ4n) is 3.90. The summed E-state index contributed by atoms with van der Waals surface area (Å²) in [5.41, 5.74) is 4.29. The van der Waals surface area contributed by atoms with Crippen LogP contribution in [0.1, 0.15) is 11.3 Å². The molecule has 0 aliphatic heterocycles. The van der Waals surface area contributed by atoms with Crippen LogP contribution in [0.4, 0.5) is 11.4 Å². The fraction of sp³-hybridized carbons (Fsp3) is 0.148. The van der Waals surface area contributed by atoms with Gasteiger partial charge in [0, 0.05) is 41.1 Å². The lowest BCUT2D eigenvalue weighted by Gasteiger charge is -2.09. The second-order valence-electron chi connectivity index (χ2n) is 8.71. The number of anilines is 2. The van der Waals surface area contributed by atoms with Gasteiger partial charge in [-0.1, -0.05) is 28.9 Å². The van der Waals surface area contributed by atoms with E-state index < -0.39 is 10.1 Å². The highest BCUT2D eigenvalue weighted by Gasteiger charge is 2.08. The molecule has 39 heavy (non-hydrogen) atoms. The van der Waals surface area contributed by atoms with Crippen molar-refractivity contribution in [3.05, 3.63) is 101 Å². The number of aromatic nitrogens is 4. The minimum Gasteiger partial charge on any atom is -0.487 e. The van der Waals surface area contributed by atoms with Gasteiger partial charge in [0.2, 0.25) is 0 Å². The zero-order valence-corrected chi connectivity index (χ0v) is 22.2. The molecule has 0 saturated heterocycles. The summed E-state index contributed by atoms with van der Waals surface area (Å²) in [5.74, 6) is 0.706. The summed E-state index contributed by atoms with van der Waals surface area (Å²) in [4.78, 5) is 4.22. The van der Waals surface area contributed by atoms with Gasteiger partial charge in [0.1, 0.15) is 18.1 Å². The van der Waals surface area contributed by atoms with E-state index in [2.05, 4.69) is 25.9 Å². The Morgan fingerprint density at radius 2 is 1.77 bits per heavy atom. The summed E-state index contributed by atoms with van der Waals surface area (Å²) in [5, 5.41) is 16.7. The van der Waals surface area contributed by atoms with Crippen LogP contribution in [-0.4, -0.2) is 39.5 Å². The molecular formula is C27H25ClN6O4S. The first-order chi connectivity index (χ1) is 18.8. The van der Waals surface area contributed by atoms with Gasteiger partial charge in [-0.05, 0) is 66.2 Å². The Bertz CT molecular complexity index is 1680. The molecule has 2 heterocycles. The normalized spacial score (nSPS) is 11.4. The van der Waals surface area contributed by atoms with Crippen LogP contribution in [0.5, 0.6) is 5.75 Å². The van der Waals surface area contributed by atoms with Gasteiger partial charge in [-0.3, -0.25) is 14.2 Å². The average Bonchev–Trinajstić information content (AvgIpc) is 3.38. The van der Waals surface area contributed by atoms with E-state index in [1.807, 2.05) is 54.7 Å². The third-order valence-corrected chi connectivity index (χ3v) is 7.01. The van der Waals surface area contributed by atoms with Crippen LogP contribution in [-0.2, 0) is 29.8 Å². The Morgan fingerprint density at radius 1 is 0.974 bits per heavy atom. The van der Waals surface area contributed by atoms with Crippen LogP contribution < -0.4 is 15.4 Å². The van der Waals surface area contributed by atoms with Gasteiger partial charge < -0.3 is 15.4 Å². The van der Waals surface area contributed by atoms with Gasteiger partial charge in [0.15, 0.2) is 0 Å². The number of halogens is 1. The predicted molar refractivity (Wildman–Crippen MR) is 150 cm³/mol. The van der Waals surface area contributed by atoms with Crippen molar-refractivity contribution in [2.24, 2.45) is 0 Å². The van der Waals surface area contributed by atoms with Crippen LogP contribution in [0.3, 0.4) is 0 Å². The van der Waals surface area contributed by atoms with Crippen molar-refractivity contribution in [3.8, 4) is 5.75 Å². The summed E-state index contributed by atoms with van der Waals surface area (Å²) in [7, 11) is -4.20. The second-order valence-corrected chi connectivity index (χ2v) is 10.6. The summed E-state index contributed by atoms with van der Waals surface area (Å²) < 4.78 is 39.0. The largest absolute Gasteiger partial charge is 0.487 e. The summed E-state index contributed by atoms with van der Waals surface area (Å²) in [6, 6.07) is 21.1. The number of pyridine rings is 1. The molecular weight excluding hydrogens is 540 g/mol. The van der Waals surface area contributed by atoms with Gasteiger partial charge in [-0.2, -0.15) is 8.42 Å². The third-order valence-electron chi connectivity index (χ3n) is 5.91. The van der Waals surface area contributed by atoms with Crippen molar-refractivity contribution in [1.29, 1.82) is 0 Å². The summed E-state index contributed by atoms with van der Waals surface area (Å²) >= 11 is 6.07. The lowest BCUT2D eigenvalue weighted by Crippen LogP contribution is -2.11. The van der Waals surface area contributed by atoms with Crippen LogP contribution >= 0.6 is 11.6 Å². The van der Waals surface area contributed by atoms with Crippen LogP contribution in [0.15, 0.2) is 90.1 Å². The maximum absolute atomic E-state index is 11.1. The molecule has 0 amide bonds. The van der Waals surface area contributed by atoms with Crippen LogP contribution in [0, 0.1) is 0 Å². The smallest absolute Gasteiger partial charge is 0.294 e. The molecule has 5 rings (SSSR count). The lowest BCUT2D eigenvalue weighted by molar-refractivity contribution is 0.301. The minimum atomic E-state index is -4.20. The monoisotopic (exact) mass is 564 g/mol. The van der Waals surface area contributed by atoms with Crippen molar-refractivity contribution in [2.45, 2.75) is 24.6 Å². The first-order valence-corrected chi connectivity index (χ1v) is 13.9. The van der Waals surface area contributed by atoms with Crippen molar-refractivity contribution in [2.75, 3.05) is 17.2 Å². The Hall–Kier alpha value is -4.19. The molecule has 0 unspecified atom stereocenters. The van der Waals surface area contributed by atoms with E-state index >= 15 is 0 Å². The Labute approximate surface area is 230 Å². The number of nitrogens with one attached hydrogen (secondary N) is 2. The van der Waals surface area contributed by atoms with E-state index in [4.69, 9.17) is 20.9 Å². The van der Waals surface area contributed by atoms with E-state index in [1.54, 1.807) is 23.0 Å². The molecule has 2 aromatic heterocycles. The van der Waals surface area contributed by atoms with Crippen molar-refractivity contribution in [3.63, 3.8) is 0 Å². The molecule has 0 fully saturated rings. The van der Waals surface area contributed by atoms with Gasteiger partial charge in [0.05, 0.1) is 23.2 Å². The van der Waals surface area contributed by atoms with Gasteiger partial charge in [0.25, 0.3) is 10.1 Å². The van der Waals surface area contributed by atoms with Crippen molar-refractivity contribution in [1.82, 2.24) is 20.0 Å². The van der Waals surface area contributed by atoms with Gasteiger partial charge in [-0.15, -0.1) is 5.10 Å². The summed E-state index contributed by atoms with van der Waals surface area (Å²) in [6.07, 6.45) is 3.61. The lowest BCUT2D eigenvalue weighted by atomic mass is 10.2. The molecule has 200 valence electrons. The van der Waals surface area contributed by atoms with Crippen molar-refractivity contribution < 1.29 is 17.7 Å². The maximum Gasteiger partial charge on any atom is 0.294 e. The van der Waals surface area contributed by atoms with Crippen LogP contribution in [0.2, 0.25) is 5.02 Å². The molecule has 0 radical (unpaired) electrons. The van der Waals surface area contributed by atoms with Crippen molar-refractivity contribution >= 4 is 44.0 Å². The number of hydrogen-bond donors (Lipinski definition) is 3. The average molecular weight is 565 g/mol. The Balaban J connectivity index is 1.07.